The number of rotatable bonds is 3. The monoisotopic (exact) mass is 206 g/mol. The summed E-state index contributed by atoms with van der Waals surface area (Å²) in [5.41, 5.74) is 1.87. The van der Waals surface area contributed by atoms with E-state index in [4.69, 9.17) is 4.74 Å². The predicted molar refractivity (Wildman–Crippen MR) is 58.9 cm³/mol. The second kappa shape index (κ2) is 3.90. The van der Waals surface area contributed by atoms with E-state index in [0.717, 1.165) is 11.0 Å². The summed E-state index contributed by atoms with van der Waals surface area (Å²) in [7, 11) is 1.59. The van der Waals surface area contributed by atoms with Gasteiger partial charge in [-0.2, -0.15) is 0 Å². The molecule has 0 atom stereocenters. The molecule has 2 aromatic rings. The first-order valence-corrected chi connectivity index (χ1v) is 4.96. The van der Waals surface area contributed by atoms with Gasteiger partial charge in [-0.1, -0.05) is 12.1 Å². The predicted octanol–water partition coefficient (Wildman–Crippen LogP) is 1.43. The lowest BCUT2D eigenvalue weighted by Gasteiger charge is -1.99. The van der Waals surface area contributed by atoms with Crippen LogP contribution in [0.2, 0.25) is 0 Å². The van der Waals surface area contributed by atoms with Gasteiger partial charge in [0.05, 0.1) is 11.0 Å². The molecule has 0 N–H and O–H groups in total. The van der Waals surface area contributed by atoms with Crippen LogP contribution in [0.3, 0.4) is 0 Å². The van der Waals surface area contributed by atoms with Crippen molar-refractivity contribution in [3.63, 3.8) is 0 Å². The Kier molecular flexibility index (Phi) is 2.60. The number of benzene rings is 1. The van der Waals surface area contributed by atoms with Gasteiger partial charge in [0, 0.05) is 13.7 Å². The van der Waals surface area contributed by atoms with Gasteiger partial charge in [0.2, 0.25) is 0 Å². The Bertz CT molecular complexity index is 525. The first-order valence-electron chi connectivity index (χ1n) is 4.96. The van der Waals surface area contributed by atoms with Gasteiger partial charge in [-0.05, 0) is 19.1 Å². The number of aryl methyl sites for hydroxylation is 1. The topological polar surface area (TPSA) is 36.2 Å². The van der Waals surface area contributed by atoms with Crippen molar-refractivity contribution in [1.29, 1.82) is 0 Å². The molecule has 1 aromatic heterocycles. The van der Waals surface area contributed by atoms with Crippen molar-refractivity contribution in [3.05, 3.63) is 34.7 Å². The molecule has 15 heavy (non-hydrogen) atoms. The molecule has 0 radical (unpaired) electrons. The van der Waals surface area contributed by atoms with Crippen molar-refractivity contribution in [2.45, 2.75) is 20.2 Å². The number of hydrogen-bond donors (Lipinski definition) is 0. The fourth-order valence-electron chi connectivity index (χ4n) is 1.83. The second-order valence-corrected chi connectivity index (χ2v) is 3.36. The highest BCUT2D eigenvalue weighted by atomic mass is 16.5. The molecule has 0 saturated carbocycles. The fourth-order valence-corrected chi connectivity index (χ4v) is 1.83. The van der Waals surface area contributed by atoms with E-state index in [2.05, 4.69) is 0 Å². The molecular formula is C11H14N2O2. The number of nitrogens with zero attached hydrogens (tertiary/aromatic N) is 2. The number of hydrogen-bond acceptors (Lipinski definition) is 2. The fraction of sp³-hybridized carbons (Fsp3) is 0.364. The normalized spacial score (nSPS) is 11.1. The van der Waals surface area contributed by atoms with Crippen molar-refractivity contribution in [2.24, 2.45) is 0 Å². The summed E-state index contributed by atoms with van der Waals surface area (Å²) in [4.78, 5) is 12.0. The first kappa shape index (κ1) is 9.98. The summed E-state index contributed by atoms with van der Waals surface area (Å²) in [5, 5.41) is 0. The molecule has 0 saturated heterocycles. The SMILES string of the molecule is CCn1c(=O)n(COC)c2ccccc21. The molecule has 0 amide bonds. The minimum atomic E-state index is -0.0134. The number of imidazole rings is 1. The molecule has 0 aliphatic rings. The number of fused-ring (bicyclic) bond motifs is 1. The summed E-state index contributed by atoms with van der Waals surface area (Å²) in [6.45, 7) is 2.94. The van der Waals surface area contributed by atoms with Crippen LogP contribution >= 0.6 is 0 Å². The number of aromatic nitrogens is 2. The maximum atomic E-state index is 12.0. The Morgan fingerprint density at radius 1 is 1.20 bits per heavy atom. The lowest BCUT2D eigenvalue weighted by Crippen LogP contribution is -2.24. The average molecular weight is 206 g/mol. The molecule has 0 unspecified atom stereocenters. The molecular weight excluding hydrogens is 192 g/mol. The molecule has 1 aromatic carbocycles. The number of methoxy groups -OCH3 is 1. The third kappa shape index (κ3) is 1.47. The molecule has 2 rings (SSSR count). The Hall–Kier alpha value is -1.55. The smallest absolute Gasteiger partial charge is 0.330 e. The van der Waals surface area contributed by atoms with E-state index >= 15 is 0 Å². The Balaban J connectivity index is 2.79. The van der Waals surface area contributed by atoms with E-state index < -0.39 is 0 Å². The number of ether oxygens (including phenoxy) is 1. The van der Waals surface area contributed by atoms with E-state index in [-0.39, 0.29) is 5.69 Å². The van der Waals surface area contributed by atoms with Crippen LogP contribution in [0.15, 0.2) is 29.1 Å². The minimum Gasteiger partial charge on any atom is -0.364 e. The van der Waals surface area contributed by atoms with Gasteiger partial charge in [-0.25, -0.2) is 4.79 Å². The maximum Gasteiger partial charge on any atom is 0.330 e. The van der Waals surface area contributed by atoms with Crippen LogP contribution < -0.4 is 5.69 Å². The van der Waals surface area contributed by atoms with Gasteiger partial charge in [-0.15, -0.1) is 0 Å². The van der Waals surface area contributed by atoms with Gasteiger partial charge < -0.3 is 4.74 Å². The van der Waals surface area contributed by atoms with Gasteiger partial charge in [-0.3, -0.25) is 9.13 Å². The van der Waals surface area contributed by atoms with Crippen LogP contribution in [0, 0.1) is 0 Å². The zero-order valence-corrected chi connectivity index (χ0v) is 8.93. The first-order chi connectivity index (χ1) is 7.29. The van der Waals surface area contributed by atoms with Crippen molar-refractivity contribution in [1.82, 2.24) is 9.13 Å². The molecule has 0 bridgehead atoms. The number of para-hydroxylation sites is 2. The zero-order valence-electron chi connectivity index (χ0n) is 8.93. The molecule has 80 valence electrons. The third-order valence-corrected chi connectivity index (χ3v) is 2.50. The third-order valence-electron chi connectivity index (χ3n) is 2.50. The lowest BCUT2D eigenvalue weighted by molar-refractivity contribution is 0.131. The van der Waals surface area contributed by atoms with Gasteiger partial charge in [0.1, 0.15) is 6.73 Å². The van der Waals surface area contributed by atoms with E-state index in [0.29, 0.717) is 13.3 Å². The summed E-state index contributed by atoms with van der Waals surface area (Å²) < 4.78 is 8.41. The molecule has 4 heteroatoms. The van der Waals surface area contributed by atoms with E-state index in [1.54, 1.807) is 16.2 Å². The largest absolute Gasteiger partial charge is 0.364 e. The zero-order chi connectivity index (χ0) is 10.8. The quantitative estimate of drug-likeness (QED) is 0.761. The molecule has 0 aliphatic carbocycles. The van der Waals surface area contributed by atoms with Crippen LogP contribution in [0.25, 0.3) is 11.0 Å². The summed E-state index contributed by atoms with van der Waals surface area (Å²) >= 11 is 0. The van der Waals surface area contributed by atoms with Crippen LogP contribution in [-0.4, -0.2) is 16.2 Å². The van der Waals surface area contributed by atoms with Crippen molar-refractivity contribution in [3.8, 4) is 0 Å². The van der Waals surface area contributed by atoms with Gasteiger partial charge in [0.25, 0.3) is 0 Å². The Labute approximate surface area is 87.7 Å². The average Bonchev–Trinajstić information content (AvgIpc) is 2.53. The van der Waals surface area contributed by atoms with Crippen molar-refractivity contribution < 1.29 is 4.74 Å². The summed E-state index contributed by atoms with van der Waals surface area (Å²) in [6.07, 6.45) is 0. The molecule has 0 spiro atoms. The van der Waals surface area contributed by atoms with Crippen molar-refractivity contribution >= 4 is 11.0 Å². The molecule has 0 fully saturated rings. The van der Waals surface area contributed by atoms with Crippen LogP contribution in [0.5, 0.6) is 0 Å². The lowest BCUT2D eigenvalue weighted by atomic mass is 10.3. The van der Waals surface area contributed by atoms with E-state index in [9.17, 15) is 4.79 Å². The molecule has 4 nitrogen and oxygen atoms in total. The Morgan fingerprint density at radius 3 is 2.33 bits per heavy atom. The summed E-state index contributed by atoms with van der Waals surface area (Å²) in [6, 6.07) is 7.74. The van der Waals surface area contributed by atoms with E-state index in [1.807, 2.05) is 31.2 Å². The second-order valence-electron chi connectivity index (χ2n) is 3.36. The highest BCUT2D eigenvalue weighted by Gasteiger charge is 2.10. The molecule has 0 aliphatic heterocycles. The minimum absolute atomic E-state index is 0.0134. The highest BCUT2D eigenvalue weighted by Crippen LogP contribution is 2.12. The Morgan fingerprint density at radius 2 is 1.80 bits per heavy atom. The van der Waals surface area contributed by atoms with Crippen LogP contribution in [-0.2, 0) is 18.0 Å². The van der Waals surface area contributed by atoms with Crippen LogP contribution in [0.4, 0.5) is 0 Å². The maximum absolute atomic E-state index is 12.0. The van der Waals surface area contributed by atoms with E-state index in [1.165, 1.54) is 0 Å². The molecule has 1 heterocycles. The van der Waals surface area contributed by atoms with Gasteiger partial charge >= 0.3 is 5.69 Å². The van der Waals surface area contributed by atoms with Crippen molar-refractivity contribution in [2.75, 3.05) is 7.11 Å². The van der Waals surface area contributed by atoms with Gasteiger partial charge in [0.15, 0.2) is 0 Å². The standard InChI is InChI=1S/C11H14N2O2/c1-3-12-9-6-4-5-7-10(9)13(8-15-2)11(12)14/h4-7H,3,8H2,1-2H3. The summed E-state index contributed by atoms with van der Waals surface area (Å²) in [5.74, 6) is 0. The van der Waals surface area contributed by atoms with Crippen LogP contribution in [0.1, 0.15) is 6.92 Å². The highest BCUT2D eigenvalue weighted by molar-refractivity contribution is 5.75.